The van der Waals surface area contributed by atoms with Gasteiger partial charge in [-0.05, 0) is 18.5 Å². The Morgan fingerprint density at radius 1 is 1.43 bits per heavy atom. The molecule has 0 atom stereocenters. The predicted molar refractivity (Wildman–Crippen MR) is 83.3 cm³/mol. The number of rotatable bonds is 6. The predicted octanol–water partition coefficient (Wildman–Crippen LogP) is 1.14. The Hall–Kier alpha value is -1.28. The van der Waals surface area contributed by atoms with Gasteiger partial charge in [0.15, 0.2) is 0 Å². The number of likely N-dealkylation sites (N-methyl/N-ethyl adjacent to an activating group) is 1. The van der Waals surface area contributed by atoms with Crippen molar-refractivity contribution in [3.8, 4) is 10.7 Å². The molecule has 2 aromatic heterocycles. The molecule has 0 aromatic carbocycles. The smallest absolute Gasteiger partial charge is 0.241 e. The molecule has 0 radical (unpaired) electrons. The molecule has 0 amide bonds. The van der Waals surface area contributed by atoms with E-state index in [1.807, 2.05) is 17.5 Å². The lowest BCUT2D eigenvalue weighted by Crippen LogP contribution is -2.45. The molecule has 1 fully saturated rings. The summed E-state index contributed by atoms with van der Waals surface area (Å²) in [5, 5.41) is 9.43. The highest BCUT2D eigenvalue weighted by molar-refractivity contribution is 7.13. The van der Waals surface area contributed by atoms with Crippen molar-refractivity contribution in [2.24, 2.45) is 0 Å². The van der Waals surface area contributed by atoms with Crippen LogP contribution in [0.25, 0.3) is 10.7 Å². The average molecular weight is 307 g/mol. The fraction of sp³-hybridized carbons (Fsp3) is 0.571. The van der Waals surface area contributed by atoms with Crippen molar-refractivity contribution in [2.75, 3.05) is 46.3 Å². The summed E-state index contributed by atoms with van der Waals surface area (Å²) < 4.78 is 5.33. The van der Waals surface area contributed by atoms with Gasteiger partial charge in [-0.15, -0.1) is 11.3 Å². The number of piperazine rings is 1. The van der Waals surface area contributed by atoms with Gasteiger partial charge < -0.3 is 9.84 Å². The lowest BCUT2D eigenvalue weighted by atomic mass is 10.3. The molecule has 1 N–H and O–H groups in total. The zero-order valence-corrected chi connectivity index (χ0v) is 13.1. The fourth-order valence-corrected chi connectivity index (χ4v) is 3.03. The van der Waals surface area contributed by atoms with Crippen molar-refractivity contribution in [1.82, 2.24) is 25.3 Å². The van der Waals surface area contributed by atoms with Gasteiger partial charge in [0.25, 0.3) is 0 Å². The minimum atomic E-state index is 0.682. The molecule has 1 aliphatic heterocycles. The van der Waals surface area contributed by atoms with Crippen LogP contribution in [0.2, 0.25) is 0 Å². The van der Waals surface area contributed by atoms with Crippen LogP contribution in [0.5, 0.6) is 0 Å². The normalized spacial score (nSPS) is 16.7. The maximum absolute atomic E-state index is 5.33. The molecular formula is C14H21N5OS. The van der Waals surface area contributed by atoms with Crippen LogP contribution in [0.4, 0.5) is 0 Å². The molecule has 1 saturated heterocycles. The minimum absolute atomic E-state index is 0.682. The van der Waals surface area contributed by atoms with Gasteiger partial charge in [0.2, 0.25) is 11.7 Å². The molecule has 114 valence electrons. The highest BCUT2D eigenvalue weighted by Crippen LogP contribution is 2.21. The van der Waals surface area contributed by atoms with Crippen LogP contribution < -0.4 is 5.32 Å². The van der Waals surface area contributed by atoms with Gasteiger partial charge in [0, 0.05) is 39.3 Å². The third-order valence-corrected chi connectivity index (χ3v) is 4.49. The van der Waals surface area contributed by atoms with Gasteiger partial charge in [-0.1, -0.05) is 11.2 Å². The first-order valence-corrected chi connectivity index (χ1v) is 8.17. The summed E-state index contributed by atoms with van der Waals surface area (Å²) in [6.07, 6.45) is 0. The van der Waals surface area contributed by atoms with Gasteiger partial charge in [0.05, 0.1) is 11.4 Å². The summed E-state index contributed by atoms with van der Waals surface area (Å²) in [4.78, 5) is 10.2. The van der Waals surface area contributed by atoms with Gasteiger partial charge in [0.1, 0.15) is 0 Å². The van der Waals surface area contributed by atoms with Crippen molar-refractivity contribution < 1.29 is 4.52 Å². The van der Waals surface area contributed by atoms with Gasteiger partial charge in [-0.3, -0.25) is 9.80 Å². The Morgan fingerprint density at radius 2 is 2.29 bits per heavy atom. The summed E-state index contributed by atoms with van der Waals surface area (Å²) in [6, 6.07) is 4.00. The number of thiophene rings is 1. The first kappa shape index (κ1) is 14.6. The third kappa shape index (κ3) is 4.10. The summed E-state index contributed by atoms with van der Waals surface area (Å²) in [5.41, 5.74) is 0. The van der Waals surface area contributed by atoms with E-state index in [0.717, 1.165) is 44.1 Å². The zero-order chi connectivity index (χ0) is 14.5. The van der Waals surface area contributed by atoms with E-state index in [1.54, 1.807) is 11.3 Å². The van der Waals surface area contributed by atoms with Gasteiger partial charge >= 0.3 is 0 Å². The molecule has 7 heteroatoms. The van der Waals surface area contributed by atoms with Crippen molar-refractivity contribution in [3.05, 3.63) is 23.4 Å². The number of hydrogen-bond acceptors (Lipinski definition) is 7. The molecule has 0 aliphatic carbocycles. The van der Waals surface area contributed by atoms with Crippen LogP contribution in [0, 0.1) is 0 Å². The van der Waals surface area contributed by atoms with Crippen LogP contribution >= 0.6 is 11.3 Å². The van der Waals surface area contributed by atoms with E-state index < -0.39 is 0 Å². The molecule has 0 unspecified atom stereocenters. The van der Waals surface area contributed by atoms with Crippen LogP contribution in [-0.2, 0) is 6.54 Å². The van der Waals surface area contributed by atoms with Gasteiger partial charge in [-0.25, -0.2) is 0 Å². The van der Waals surface area contributed by atoms with E-state index in [4.69, 9.17) is 4.52 Å². The second-order valence-corrected chi connectivity index (χ2v) is 6.27. The number of nitrogens with zero attached hydrogens (tertiary/aromatic N) is 4. The van der Waals surface area contributed by atoms with E-state index in [2.05, 4.69) is 32.3 Å². The third-order valence-electron chi connectivity index (χ3n) is 3.62. The molecular weight excluding hydrogens is 286 g/mol. The summed E-state index contributed by atoms with van der Waals surface area (Å²) in [7, 11) is 2.09. The minimum Gasteiger partial charge on any atom is -0.338 e. The van der Waals surface area contributed by atoms with E-state index >= 15 is 0 Å². The number of hydrogen-bond donors (Lipinski definition) is 1. The Balaban J connectivity index is 1.47. The molecule has 6 nitrogen and oxygen atoms in total. The Bertz CT molecular complexity index is 535. The lowest BCUT2D eigenvalue weighted by molar-refractivity contribution is 0.192. The number of nitrogens with one attached hydrogen (secondary N) is 1. The highest BCUT2D eigenvalue weighted by atomic mass is 32.1. The maximum atomic E-state index is 5.33. The molecule has 21 heavy (non-hydrogen) atoms. The van der Waals surface area contributed by atoms with E-state index in [-0.39, 0.29) is 0 Å². The summed E-state index contributed by atoms with van der Waals surface area (Å²) in [6.45, 7) is 7.26. The van der Waals surface area contributed by atoms with E-state index in [1.165, 1.54) is 0 Å². The molecule has 0 saturated carbocycles. The topological polar surface area (TPSA) is 57.4 Å². The molecule has 0 bridgehead atoms. The second-order valence-electron chi connectivity index (χ2n) is 5.32. The summed E-state index contributed by atoms with van der Waals surface area (Å²) in [5.74, 6) is 1.37. The van der Waals surface area contributed by atoms with Gasteiger partial charge in [-0.2, -0.15) is 4.98 Å². The standard InChI is InChI=1S/C14H21N5OS/c1-18(8-9-19-6-4-15-5-7-19)11-13-16-14(17-20-13)12-3-2-10-21-12/h2-3,10,15H,4-9,11H2,1H3. The average Bonchev–Trinajstić information content (AvgIpc) is 3.17. The van der Waals surface area contributed by atoms with E-state index in [9.17, 15) is 0 Å². The quantitative estimate of drug-likeness (QED) is 0.863. The zero-order valence-electron chi connectivity index (χ0n) is 12.3. The SMILES string of the molecule is CN(CCN1CCNCC1)Cc1nc(-c2cccs2)no1. The van der Waals surface area contributed by atoms with E-state index in [0.29, 0.717) is 18.3 Å². The van der Waals surface area contributed by atoms with Crippen LogP contribution in [0.3, 0.4) is 0 Å². The summed E-state index contributed by atoms with van der Waals surface area (Å²) >= 11 is 1.63. The molecule has 1 aliphatic rings. The lowest BCUT2D eigenvalue weighted by Gasteiger charge is -2.28. The van der Waals surface area contributed by atoms with Crippen molar-refractivity contribution in [1.29, 1.82) is 0 Å². The molecule has 2 aromatic rings. The monoisotopic (exact) mass is 307 g/mol. The number of aromatic nitrogens is 2. The van der Waals surface area contributed by atoms with Crippen molar-refractivity contribution >= 4 is 11.3 Å². The van der Waals surface area contributed by atoms with Crippen molar-refractivity contribution in [2.45, 2.75) is 6.54 Å². The Kier molecular flexibility index (Phi) is 4.97. The van der Waals surface area contributed by atoms with Crippen LogP contribution in [0.15, 0.2) is 22.0 Å². The molecule has 0 spiro atoms. The van der Waals surface area contributed by atoms with Crippen molar-refractivity contribution in [3.63, 3.8) is 0 Å². The maximum Gasteiger partial charge on any atom is 0.241 e. The molecule has 3 heterocycles. The molecule has 3 rings (SSSR count). The first-order chi connectivity index (χ1) is 10.3. The van der Waals surface area contributed by atoms with Crippen LogP contribution in [-0.4, -0.2) is 66.3 Å². The fourth-order valence-electron chi connectivity index (χ4n) is 2.38. The largest absolute Gasteiger partial charge is 0.338 e. The second kappa shape index (κ2) is 7.13. The Labute approximate surface area is 128 Å². The highest BCUT2D eigenvalue weighted by Gasteiger charge is 2.13. The van der Waals surface area contributed by atoms with Crippen LogP contribution in [0.1, 0.15) is 5.89 Å². The first-order valence-electron chi connectivity index (χ1n) is 7.29. The Morgan fingerprint density at radius 3 is 3.05 bits per heavy atom.